The van der Waals surface area contributed by atoms with Crippen LogP contribution in [0.15, 0.2) is 0 Å². The van der Waals surface area contributed by atoms with Gasteiger partial charge in [-0.25, -0.2) is 0 Å². The maximum Gasteiger partial charge on any atom is 0.00669 e. The Balaban J connectivity index is 2.14. The minimum atomic E-state index is 0.812. The molecular weight excluding hydrogens is 196 g/mol. The normalized spacial score (nSPS) is 25.3. The third-order valence-electron chi connectivity index (χ3n) is 3.99. The van der Waals surface area contributed by atoms with Gasteiger partial charge < -0.3 is 10.6 Å². The van der Waals surface area contributed by atoms with Gasteiger partial charge >= 0.3 is 0 Å². The van der Waals surface area contributed by atoms with Gasteiger partial charge in [0.15, 0.2) is 0 Å². The molecule has 1 rings (SSSR count). The molecule has 2 atom stereocenters. The van der Waals surface area contributed by atoms with Crippen molar-refractivity contribution in [2.75, 3.05) is 19.6 Å². The first-order valence-electron chi connectivity index (χ1n) is 7.18. The largest absolute Gasteiger partial charge is 0.330 e. The van der Waals surface area contributed by atoms with Gasteiger partial charge in [-0.3, -0.25) is 0 Å². The van der Waals surface area contributed by atoms with Gasteiger partial charge in [-0.05, 0) is 64.6 Å². The van der Waals surface area contributed by atoms with E-state index >= 15 is 0 Å². The molecule has 0 spiro atoms. The van der Waals surface area contributed by atoms with Crippen LogP contribution in [0.1, 0.15) is 58.8 Å². The highest BCUT2D eigenvalue weighted by molar-refractivity contribution is 4.71. The molecule has 2 heteroatoms. The maximum absolute atomic E-state index is 5.58. The zero-order chi connectivity index (χ0) is 11.8. The standard InChI is InChI=1S/C14H30N2/c1-13(9-10-15)7-6-12-16-11-5-3-4-8-14(16)2/h13-14H,3-12,15H2,1-2H3. The van der Waals surface area contributed by atoms with E-state index in [1.807, 2.05) is 0 Å². The van der Waals surface area contributed by atoms with Crippen LogP contribution in [0.3, 0.4) is 0 Å². The number of nitrogens with two attached hydrogens (primary N) is 1. The smallest absolute Gasteiger partial charge is 0.00669 e. The van der Waals surface area contributed by atoms with Gasteiger partial charge in [-0.2, -0.15) is 0 Å². The molecule has 0 amide bonds. The Bertz CT molecular complexity index is 170. The van der Waals surface area contributed by atoms with Crippen molar-refractivity contribution in [3.8, 4) is 0 Å². The Hall–Kier alpha value is -0.0800. The van der Waals surface area contributed by atoms with Gasteiger partial charge in [0, 0.05) is 6.04 Å². The van der Waals surface area contributed by atoms with Crippen molar-refractivity contribution in [1.29, 1.82) is 0 Å². The van der Waals surface area contributed by atoms with E-state index in [0.29, 0.717) is 0 Å². The summed E-state index contributed by atoms with van der Waals surface area (Å²) in [6, 6.07) is 0.812. The number of nitrogens with zero attached hydrogens (tertiary/aromatic N) is 1. The fourth-order valence-corrected chi connectivity index (χ4v) is 2.74. The van der Waals surface area contributed by atoms with E-state index in [1.165, 1.54) is 58.0 Å². The summed E-state index contributed by atoms with van der Waals surface area (Å²) in [6.45, 7) is 8.21. The van der Waals surface area contributed by atoms with E-state index in [-0.39, 0.29) is 0 Å². The summed E-state index contributed by atoms with van der Waals surface area (Å²) in [7, 11) is 0. The van der Waals surface area contributed by atoms with Gasteiger partial charge in [0.2, 0.25) is 0 Å². The lowest BCUT2D eigenvalue weighted by molar-refractivity contribution is 0.205. The lowest BCUT2D eigenvalue weighted by atomic mass is 10.0. The van der Waals surface area contributed by atoms with E-state index in [4.69, 9.17) is 5.73 Å². The van der Waals surface area contributed by atoms with E-state index in [1.54, 1.807) is 0 Å². The van der Waals surface area contributed by atoms with Crippen molar-refractivity contribution < 1.29 is 0 Å². The van der Waals surface area contributed by atoms with Gasteiger partial charge in [0.1, 0.15) is 0 Å². The summed E-state index contributed by atoms with van der Waals surface area (Å²) in [5, 5.41) is 0. The summed E-state index contributed by atoms with van der Waals surface area (Å²) in [5.74, 6) is 0.812. The molecule has 1 saturated heterocycles. The molecule has 0 aromatic carbocycles. The van der Waals surface area contributed by atoms with Crippen LogP contribution in [-0.2, 0) is 0 Å². The number of rotatable bonds is 6. The molecule has 0 bridgehead atoms. The Labute approximate surface area is 102 Å². The highest BCUT2D eigenvalue weighted by Crippen LogP contribution is 2.18. The molecule has 96 valence electrons. The highest BCUT2D eigenvalue weighted by Gasteiger charge is 2.16. The zero-order valence-corrected chi connectivity index (χ0v) is 11.3. The van der Waals surface area contributed by atoms with Crippen molar-refractivity contribution >= 4 is 0 Å². The molecule has 0 aromatic heterocycles. The van der Waals surface area contributed by atoms with Crippen molar-refractivity contribution in [3.05, 3.63) is 0 Å². The van der Waals surface area contributed by atoms with Crippen LogP contribution in [0.5, 0.6) is 0 Å². The van der Waals surface area contributed by atoms with Gasteiger partial charge in [-0.1, -0.05) is 19.8 Å². The topological polar surface area (TPSA) is 29.3 Å². The van der Waals surface area contributed by atoms with Crippen LogP contribution in [0, 0.1) is 5.92 Å². The molecule has 1 aliphatic rings. The lowest BCUT2D eigenvalue weighted by Gasteiger charge is -2.27. The molecule has 16 heavy (non-hydrogen) atoms. The number of likely N-dealkylation sites (tertiary alicyclic amines) is 1. The van der Waals surface area contributed by atoms with Gasteiger partial charge in [0.25, 0.3) is 0 Å². The molecule has 2 N–H and O–H groups in total. The fourth-order valence-electron chi connectivity index (χ4n) is 2.74. The van der Waals surface area contributed by atoms with E-state index in [0.717, 1.165) is 18.5 Å². The molecule has 1 fully saturated rings. The minimum absolute atomic E-state index is 0.812. The molecule has 0 saturated carbocycles. The van der Waals surface area contributed by atoms with Crippen molar-refractivity contribution in [1.82, 2.24) is 4.90 Å². The Morgan fingerprint density at radius 2 is 2.06 bits per heavy atom. The minimum Gasteiger partial charge on any atom is -0.330 e. The molecular formula is C14H30N2. The first-order valence-corrected chi connectivity index (χ1v) is 7.18. The van der Waals surface area contributed by atoms with Crippen molar-refractivity contribution in [2.24, 2.45) is 11.7 Å². The Morgan fingerprint density at radius 1 is 1.25 bits per heavy atom. The monoisotopic (exact) mass is 226 g/mol. The molecule has 0 aromatic rings. The molecule has 1 aliphatic heterocycles. The van der Waals surface area contributed by atoms with E-state index < -0.39 is 0 Å². The summed E-state index contributed by atoms with van der Waals surface area (Å²) < 4.78 is 0. The van der Waals surface area contributed by atoms with Crippen molar-refractivity contribution in [2.45, 2.75) is 64.8 Å². The second-order valence-corrected chi connectivity index (χ2v) is 5.56. The molecule has 0 aliphatic carbocycles. The van der Waals surface area contributed by atoms with Crippen LogP contribution in [0.2, 0.25) is 0 Å². The zero-order valence-electron chi connectivity index (χ0n) is 11.3. The summed E-state index contributed by atoms with van der Waals surface area (Å²) in [6.07, 6.45) is 9.56. The predicted octanol–water partition coefficient (Wildman–Crippen LogP) is 3.02. The first kappa shape index (κ1) is 14.0. The van der Waals surface area contributed by atoms with Gasteiger partial charge in [-0.15, -0.1) is 0 Å². The summed E-state index contributed by atoms with van der Waals surface area (Å²) in [5.41, 5.74) is 5.58. The van der Waals surface area contributed by atoms with E-state index in [2.05, 4.69) is 18.7 Å². The summed E-state index contributed by atoms with van der Waals surface area (Å²) >= 11 is 0. The molecule has 0 radical (unpaired) electrons. The number of hydrogen-bond acceptors (Lipinski definition) is 2. The molecule has 2 nitrogen and oxygen atoms in total. The highest BCUT2D eigenvalue weighted by atomic mass is 15.1. The predicted molar refractivity (Wildman–Crippen MR) is 71.6 cm³/mol. The Kier molecular flexibility index (Phi) is 7.06. The average Bonchev–Trinajstić information content (AvgIpc) is 2.45. The second-order valence-electron chi connectivity index (χ2n) is 5.56. The van der Waals surface area contributed by atoms with Crippen LogP contribution < -0.4 is 5.73 Å². The SMILES string of the molecule is CC(CCN)CCCN1CCCCCC1C. The quantitative estimate of drug-likeness (QED) is 0.754. The first-order chi connectivity index (χ1) is 7.74. The summed E-state index contributed by atoms with van der Waals surface area (Å²) in [4.78, 5) is 2.70. The fraction of sp³-hybridized carbons (Fsp3) is 1.00. The van der Waals surface area contributed by atoms with Crippen LogP contribution >= 0.6 is 0 Å². The number of hydrogen-bond donors (Lipinski definition) is 1. The van der Waals surface area contributed by atoms with Crippen molar-refractivity contribution in [3.63, 3.8) is 0 Å². The van der Waals surface area contributed by atoms with Crippen LogP contribution in [-0.4, -0.2) is 30.6 Å². The Morgan fingerprint density at radius 3 is 2.81 bits per heavy atom. The third-order valence-corrected chi connectivity index (χ3v) is 3.99. The second kappa shape index (κ2) is 8.08. The van der Waals surface area contributed by atoms with Crippen LogP contribution in [0.25, 0.3) is 0 Å². The molecule has 2 unspecified atom stereocenters. The lowest BCUT2D eigenvalue weighted by Crippen LogP contribution is -2.33. The molecule has 1 heterocycles. The average molecular weight is 226 g/mol. The van der Waals surface area contributed by atoms with Gasteiger partial charge in [0.05, 0.1) is 0 Å². The van der Waals surface area contributed by atoms with E-state index in [9.17, 15) is 0 Å². The van der Waals surface area contributed by atoms with Crippen LogP contribution in [0.4, 0.5) is 0 Å². The third kappa shape index (κ3) is 5.31. The maximum atomic E-state index is 5.58.